The molecular formula is C12H20O5S. The van der Waals surface area contributed by atoms with Crippen LogP contribution in [-0.2, 0) is 10.1 Å². The predicted octanol–water partition coefficient (Wildman–Crippen LogP) is 1.30. The highest BCUT2D eigenvalue weighted by Crippen LogP contribution is 2.17. The molecule has 0 fully saturated rings. The lowest BCUT2D eigenvalue weighted by Crippen LogP contribution is -2.01. The zero-order valence-electron chi connectivity index (χ0n) is 10.8. The highest BCUT2D eigenvalue weighted by atomic mass is 32.2. The molecule has 1 aromatic carbocycles. The van der Waals surface area contributed by atoms with Gasteiger partial charge in [-0.15, -0.1) is 0 Å². The standard InChI is InChI=1S/C8H10O3S.C4H10O2/c1-6-4-3-5-8(7(6)2)12(9,10)11;1-4(6)2-3-5/h3-5H,1-2H3,(H,9,10,11);4-6H,2-3H2,1H3. The van der Waals surface area contributed by atoms with Crippen LogP contribution in [0.5, 0.6) is 0 Å². The molecule has 0 radical (unpaired) electrons. The molecule has 1 unspecified atom stereocenters. The van der Waals surface area contributed by atoms with E-state index in [9.17, 15) is 8.42 Å². The first-order valence-electron chi connectivity index (χ1n) is 5.52. The minimum Gasteiger partial charge on any atom is -0.396 e. The summed E-state index contributed by atoms with van der Waals surface area (Å²) in [5, 5.41) is 16.5. The summed E-state index contributed by atoms with van der Waals surface area (Å²) < 4.78 is 30.3. The lowest BCUT2D eigenvalue weighted by molar-refractivity contribution is 0.148. The molecule has 18 heavy (non-hydrogen) atoms. The second-order valence-corrected chi connectivity index (χ2v) is 5.42. The summed E-state index contributed by atoms with van der Waals surface area (Å²) in [4.78, 5) is -0.0116. The summed E-state index contributed by atoms with van der Waals surface area (Å²) >= 11 is 0. The fourth-order valence-electron chi connectivity index (χ4n) is 1.19. The smallest absolute Gasteiger partial charge is 0.294 e. The van der Waals surface area contributed by atoms with Crippen molar-refractivity contribution in [3.8, 4) is 0 Å². The van der Waals surface area contributed by atoms with Gasteiger partial charge >= 0.3 is 0 Å². The quantitative estimate of drug-likeness (QED) is 0.723. The number of aryl methyl sites for hydroxylation is 1. The van der Waals surface area contributed by atoms with Gasteiger partial charge in [0.15, 0.2) is 0 Å². The Bertz CT molecular complexity index is 465. The molecule has 104 valence electrons. The van der Waals surface area contributed by atoms with E-state index in [1.165, 1.54) is 6.07 Å². The first kappa shape index (κ1) is 17.1. The molecule has 0 heterocycles. The Hall–Kier alpha value is -0.950. The van der Waals surface area contributed by atoms with Crippen molar-refractivity contribution in [3.05, 3.63) is 29.3 Å². The third-order valence-corrected chi connectivity index (χ3v) is 3.38. The first-order chi connectivity index (χ1) is 8.20. The SMILES string of the molecule is CC(O)CCO.Cc1cccc(S(=O)(=O)O)c1C. The van der Waals surface area contributed by atoms with Crippen molar-refractivity contribution >= 4 is 10.1 Å². The summed E-state index contributed by atoms with van der Waals surface area (Å²) in [5.41, 5.74) is 1.45. The van der Waals surface area contributed by atoms with Crippen LogP contribution < -0.4 is 0 Å². The van der Waals surface area contributed by atoms with Crippen LogP contribution in [0, 0.1) is 13.8 Å². The molecule has 0 saturated heterocycles. The van der Waals surface area contributed by atoms with Crippen LogP contribution in [0.2, 0.25) is 0 Å². The number of rotatable bonds is 3. The molecule has 1 aromatic rings. The molecule has 1 rings (SSSR count). The van der Waals surface area contributed by atoms with Crippen molar-refractivity contribution in [3.63, 3.8) is 0 Å². The van der Waals surface area contributed by atoms with Gasteiger partial charge in [-0.1, -0.05) is 12.1 Å². The highest BCUT2D eigenvalue weighted by molar-refractivity contribution is 7.85. The van der Waals surface area contributed by atoms with E-state index in [4.69, 9.17) is 14.8 Å². The normalized spacial score (nSPS) is 12.6. The fraction of sp³-hybridized carbons (Fsp3) is 0.500. The first-order valence-corrected chi connectivity index (χ1v) is 6.96. The maximum absolute atomic E-state index is 10.8. The van der Waals surface area contributed by atoms with E-state index in [0.717, 1.165) is 5.56 Å². The average Bonchev–Trinajstić information content (AvgIpc) is 2.21. The largest absolute Gasteiger partial charge is 0.396 e. The molecule has 0 aliphatic rings. The molecule has 6 heteroatoms. The summed E-state index contributed by atoms with van der Waals surface area (Å²) in [7, 11) is -4.06. The number of hydrogen-bond acceptors (Lipinski definition) is 4. The molecule has 0 spiro atoms. The zero-order valence-corrected chi connectivity index (χ0v) is 11.6. The van der Waals surface area contributed by atoms with Crippen molar-refractivity contribution in [1.29, 1.82) is 0 Å². The van der Waals surface area contributed by atoms with Crippen LogP contribution >= 0.6 is 0 Å². The molecule has 0 amide bonds. The van der Waals surface area contributed by atoms with Gasteiger partial charge in [0.05, 0.1) is 11.0 Å². The predicted molar refractivity (Wildman–Crippen MR) is 69.1 cm³/mol. The minimum absolute atomic E-state index is 0.0116. The molecule has 0 saturated carbocycles. The van der Waals surface area contributed by atoms with E-state index in [0.29, 0.717) is 12.0 Å². The Kier molecular flexibility index (Phi) is 7.08. The van der Waals surface area contributed by atoms with Crippen LogP contribution in [0.25, 0.3) is 0 Å². The van der Waals surface area contributed by atoms with E-state index in [2.05, 4.69) is 0 Å². The van der Waals surface area contributed by atoms with Gasteiger partial charge in [-0.25, -0.2) is 0 Å². The third kappa shape index (κ3) is 6.11. The van der Waals surface area contributed by atoms with E-state index >= 15 is 0 Å². The Morgan fingerprint density at radius 2 is 1.83 bits per heavy atom. The Morgan fingerprint density at radius 1 is 1.28 bits per heavy atom. The van der Waals surface area contributed by atoms with Crippen molar-refractivity contribution in [2.75, 3.05) is 6.61 Å². The van der Waals surface area contributed by atoms with Gasteiger partial charge < -0.3 is 10.2 Å². The van der Waals surface area contributed by atoms with Crippen LogP contribution in [0.3, 0.4) is 0 Å². The molecule has 3 N–H and O–H groups in total. The number of hydrogen-bond donors (Lipinski definition) is 3. The van der Waals surface area contributed by atoms with Gasteiger partial charge in [-0.05, 0) is 44.4 Å². The minimum atomic E-state index is -4.06. The molecule has 5 nitrogen and oxygen atoms in total. The van der Waals surface area contributed by atoms with Gasteiger partial charge in [0, 0.05) is 6.61 Å². The number of aliphatic hydroxyl groups excluding tert-OH is 2. The van der Waals surface area contributed by atoms with E-state index in [1.54, 1.807) is 32.9 Å². The van der Waals surface area contributed by atoms with E-state index < -0.39 is 10.1 Å². The monoisotopic (exact) mass is 276 g/mol. The van der Waals surface area contributed by atoms with Crippen LogP contribution in [-0.4, -0.2) is 35.9 Å². The summed E-state index contributed by atoms with van der Waals surface area (Å²) in [6, 6.07) is 4.78. The lowest BCUT2D eigenvalue weighted by atomic mass is 10.1. The maximum Gasteiger partial charge on any atom is 0.294 e. The third-order valence-electron chi connectivity index (χ3n) is 2.38. The number of benzene rings is 1. The summed E-state index contributed by atoms with van der Waals surface area (Å²) in [5.74, 6) is 0. The molecule has 0 aromatic heterocycles. The lowest BCUT2D eigenvalue weighted by Gasteiger charge is -2.03. The fourth-order valence-corrected chi connectivity index (χ4v) is 1.99. The second kappa shape index (κ2) is 7.48. The topological polar surface area (TPSA) is 94.8 Å². The van der Waals surface area contributed by atoms with Gasteiger partial charge in [0.25, 0.3) is 10.1 Å². The van der Waals surface area contributed by atoms with Crippen molar-refractivity contribution < 1.29 is 23.2 Å². The van der Waals surface area contributed by atoms with E-state index in [1.807, 2.05) is 0 Å². The van der Waals surface area contributed by atoms with Gasteiger partial charge in [-0.3, -0.25) is 4.55 Å². The van der Waals surface area contributed by atoms with E-state index in [-0.39, 0.29) is 17.6 Å². The summed E-state index contributed by atoms with van der Waals surface area (Å²) in [6.07, 6.45) is 0.134. The molecule has 0 aliphatic carbocycles. The van der Waals surface area contributed by atoms with Gasteiger partial charge in [0.1, 0.15) is 0 Å². The average molecular weight is 276 g/mol. The Balaban J connectivity index is 0.000000411. The van der Waals surface area contributed by atoms with Crippen molar-refractivity contribution in [2.45, 2.75) is 38.2 Å². The Morgan fingerprint density at radius 3 is 2.11 bits per heavy atom. The molecule has 0 aliphatic heterocycles. The number of aliphatic hydroxyl groups is 2. The Labute approximate surface area is 108 Å². The van der Waals surface area contributed by atoms with Crippen LogP contribution in [0.4, 0.5) is 0 Å². The molecule has 1 atom stereocenters. The maximum atomic E-state index is 10.8. The van der Waals surface area contributed by atoms with Gasteiger partial charge in [-0.2, -0.15) is 8.42 Å². The molecule has 0 bridgehead atoms. The van der Waals surface area contributed by atoms with Gasteiger partial charge in [0.2, 0.25) is 0 Å². The van der Waals surface area contributed by atoms with Crippen molar-refractivity contribution in [2.24, 2.45) is 0 Å². The zero-order chi connectivity index (χ0) is 14.3. The van der Waals surface area contributed by atoms with Crippen LogP contribution in [0.1, 0.15) is 24.5 Å². The summed E-state index contributed by atoms with van der Waals surface area (Å²) in [6.45, 7) is 5.19. The second-order valence-electron chi connectivity index (χ2n) is 4.03. The molecular weight excluding hydrogens is 256 g/mol. The van der Waals surface area contributed by atoms with Crippen LogP contribution in [0.15, 0.2) is 23.1 Å². The van der Waals surface area contributed by atoms with Crippen molar-refractivity contribution in [1.82, 2.24) is 0 Å². The highest BCUT2D eigenvalue weighted by Gasteiger charge is 2.12.